The summed E-state index contributed by atoms with van der Waals surface area (Å²) in [4.78, 5) is 10.4. The number of non-ortho nitro benzene ring substituents is 1. The highest BCUT2D eigenvalue weighted by Gasteiger charge is 2.11. The first-order chi connectivity index (χ1) is 9.47. The first kappa shape index (κ1) is 15.0. The van der Waals surface area contributed by atoms with Crippen LogP contribution in [0.2, 0.25) is 5.02 Å². The molecule has 0 aromatic heterocycles. The molecule has 1 atom stereocenters. The minimum absolute atomic E-state index is 0.113. The van der Waals surface area contributed by atoms with E-state index in [4.69, 9.17) is 11.6 Å². The summed E-state index contributed by atoms with van der Waals surface area (Å²) in [6, 6.07) is 12.6. The summed E-state index contributed by atoms with van der Waals surface area (Å²) in [6.45, 7) is 1.97. The molecule has 0 heterocycles. The van der Waals surface area contributed by atoms with E-state index in [9.17, 15) is 10.1 Å². The van der Waals surface area contributed by atoms with E-state index in [1.54, 1.807) is 12.1 Å². The zero-order valence-electron chi connectivity index (χ0n) is 10.8. The zero-order valence-corrected chi connectivity index (χ0v) is 13.2. The third kappa shape index (κ3) is 3.58. The maximum atomic E-state index is 10.6. The van der Waals surface area contributed by atoms with Gasteiger partial charge in [-0.25, -0.2) is 0 Å². The van der Waals surface area contributed by atoms with Gasteiger partial charge in [0.05, 0.1) is 4.92 Å². The third-order valence-corrected chi connectivity index (χ3v) is 4.38. The van der Waals surface area contributed by atoms with Crippen molar-refractivity contribution in [3.63, 3.8) is 0 Å². The molecule has 0 saturated carbocycles. The quantitative estimate of drug-likeness (QED) is 0.428. The van der Waals surface area contributed by atoms with Crippen molar-refractivity contribution in [1.82, 2.24) is 0 Å². The monoisotopic (exact) mass is 353 g/mol. The molecular weight excluding hydrogens is 342 g/mol. The van der Waals surface area contributed by atoms with Crippen LogP contribution in [-0.4, -0.2) is 4.92 Å². The van der Waals surface area contributed by atoms with Gasteiger partial charge in [-0.15, -0.1) is 0 Å². The van der Waals surface area contributed by atoms with E-state index in [2.05, 4.69) is 15.9 Å². The Morgan fingerprint density at radius 2 is 1.90 bits per heavy atom. The van der Waals surface area contributed by atoms with Gasteiger partial charge in [0.2, 0.25) is 0 Å². The van der Waals surface area contributed by atoms with Crippen LogP contribution in [0.5, 0.6) is 0 Å². The van der Waals surface area contributed by atoms with Crippen LogP contribution in [0.4, 0.5) is 5.69 Å². The van der Waals surface area contributed by atoms with Gasteiger partial charge in [0.25, 0.3) is 5.69 Å². The summed E-state index contributed by atoms with van der Waals surface area (Å²) in [5.41, 5.74) is 3.34. The molecule has 1 unspecified atom stereocenters. The molecule has 0 aliphatic heterocycles. The molecule has 0 radical (unpaired) electrons. The molecular formula is C15H13BrClNO2. The molecule has 0 N–H and O–H groups in total. The van der Waals surface area contributed by atoms with Crippen molar-refractivity contribution in [2.45, 2.75) is 18.2 Å². The molecule has 104 valence electrons. The highest BCUT2D eigenvalue weighted by atomic mass is 79.9. The number of halogens is 2. The third-order valence-electron chi connectivity index (χ3n) is 3.11. The summed E-state index contributed by atoms with van der Waals surface area (Å²) in [5, 5.41) is 11.4. The second-order valence-corrected chi connectivity index (χ2v) is 6.12. The normalized spacial score (nSPS) is 12.2. The van der Waals surface area contributed by atoms with E-state index in [0.29, 0.717) is 0 Å². The number of nitro benzene ring substituents is 1. The van der Waals surface area contributed by atoms with Gasteiger partial charge in [-0.3, -0.25) is 10.1 Å². The fraction of sp³-hybridized carbons (Fsp3) is 0.200. The second-order valence-electron chi connectivity index (χ2n) is 4.60. The molecule has 0 spiro atoms. The van der Waals surface area contributed by atoms with E-state index >= 15 is 0 Å². The molecule has 0 fully saturated rings. The molecule has 20 heavy (non-hydrogen) atoms. The Morgan fingerprint density at radius 3 is 2.45 bits per heavy atom. The standard InChI is InChI=1S/C15H13BrClNO2/c1-10-8-12(4-7-15(10)17)14(16)9-11-2-5-13(6-3-11)18(19)20/h2-8,14H,9H2,1H3. The van der Waals surface area contributed by atoms with Crippen molar-refractivity contribution >= 4 is 33.2 Å². The lowest BCUT2D eigenvalue weighted by Gasteiger charge is -2.11. The van der Waals surface area contributed by atoms with Crippen molar-refractivity contribution < 1.29 is 4.92 Å². The molecule has 5 heteroatoms. The van der Waals surface area contributed by atoms with Gasteiger partial charge in [-0.2, -0.15) is 0 Å². The summed E-state index contributed by atoms with van der Waals surface area (Å²) in [7, 11) is 0. The Hall–Kier alpha value is -1.39. The largest absolute Gasteiger partial charge is 0.269 e. The van der Waals surface area contributed by atoms with Crippen molar-refractivity contribution in [3.8, 4) is 0 Å². The number of hydrogen-bond acceptors (Lipinski definition) is 2. The lowest BCUT2D eigenvalue weighted by Crippen LogP contribution is -1.96. The first-order valence-corrected chi connectivity index (χ1v) is 7.40. The Bertz CT molecular complexity index is 628. The Morgan fingerprint density at radius 1 is 1.25 bits per heavy atom. The van der Waals surface area contributed by atoms with Crippen LogP contribution >= 0.6 is 27.5 Å². The number of nitrogens with zero attached hydrogens (tertiary/aromatic N) is 1. The average molecular weight is 355 g/mol. The maximum absolute atomic E-state index is 10.6. The highest BCUT2D eigenvalue weighted by molar-refractivity contribution is 9.09. The first-order valence-electron chi connectivity index (χ1n) is 6.11. The molecule has 2 aromatic rings. The fourth-order valence-corrected chi connectivity index (χ4v) is 2.72. The van der Waals surface area contributed by atoms with Crippen LogP contribution in [0.25, 0.3) is 0 Å². The number of aryl methyl sites for hydroxylation is 1. The molecule has 0 aliphatic rings. The number of nitro groups is 1. The summed E-state index contributed by atoms with van der Waals surface area (Å²) < 4.78 is 0. The van der Waals surface area contributed by atoms with Crippen molar-refractivity contribution in [1.29, 1.82) is 0 Å². The van der Waals surface area contributed by atoms with Gasteiger partial charge in [-0.05, 0) is 36.1 Å². The van der Waals surface area contributed by atoms with Crippen molar-refractivity contribution in [3.05, 3.63) is 74.3 Å². The average Bonchev–Trinajstić information content (AvgIpc) is 2.42. The number of alkyl halides is 1. The molecule has 0 bridgehead atoms. The fourth-order valence-electron chi connectivity index (χ4n) is 1.94. The van der Waals surface area contributed by atoms with Crippen LogP contribution in [0, 0.1) is 17.0 Å². The lowest BCUT2D eigenvalue weighted by atomic mass is 10.0. The van der Waals surface area contributed by atoms with Crippen molar-refractivity contribution in [2.24, 2.45) is 0 Å². The smallest absolute Gasteiger partial charge is 0.258 e. The van der Waals surface area contributed by atoms with Crippen LogP contribution in [0.15, 0.2) is 42.5 Å². The topological polar surface area (TPSA) is 43.1 Å². The molecule has 0 aliphatic carbocycles. The molecule has 3 nitrogen and oxygen atoms in total. The Kier molecular flexibility index (Phi) is 4.78. The predicted octanol–water partition coefficient (Wildman–Crippen LogP) is 5.24. The van der Waals surface area contributed by atoms with E-state index < -0.39 is 4.92 Å². The maximum Gasteiger partial charge on any atom is 0.269 e. The van der Waals surface area contributed by atoms with Crippen LogP contribution < -0.4 is 0 Å². The number of hydrogen-bond donors (Lipinski definition) is 0. The number of benzene rings is 2. The summed E-state index contributed by atoms with van der Waals surface area (Å²) >= 11 is 9.67. The van der Waals surface area contributed by atoms with Gasteiger partial charge in [0, 0.05) is 22.0 Å². The van der Waals surface area contributed by atoms with E-state index in [0.717, 1.165) is 28.1 Å². The second kappa shape index (κ2) is 6.37. The summed E-state index contributed by atoms with van der Waals surface area (Å²) in [6.07, 6.45) is 0.763. The minimum atomic E-state index is -0.391. The van der Waals surface area contributed by atoms with E-state index in [1.165, 1.54) is 12.1 Å². The summed E-state index contributed by atoms with van der Waals surface area (Å²) in [5.74, 6) is 0. The minimum Gasteiger partial charge on any atom is -0.258 e. The van der Waals surface area contributed by atoms with Gasteiger partial charge in [-0.1, -0.05) is 51.8 Å². The molecule has 0 saturated heterocycles. The van der Waals surface area contributed by atoms with Crippen LogP contribution in [-0.2, 0) is 6.42 Å². The highest BCUT2D eigenvalue weighted by Crippen LogP contribution is 2.30. The van der Waals surface area contributed by atoms with Gasteiger partial charge >= 0.3 is 0 Å². The van der Waals surface area contributed by atoms with Crippen molar-refractivity contribution in [2.75, 3.05) is 0 Å². The van der Waals surface area contributed by atoms with Crippen LogP contribution in [0.3, 0.4) is 0 Å². The number of rotatable bonds is 4. The Balaban J connectivity index is 2.12. The SMILES string of the molecule is Cc1cc(C(Br)Cc2ccc([N+](=O)[O-])cc2)ccc1Cl. The van der Waals surface area contributed by atoms with Gasteiger partial charge < -0.3 is 0 Å². The van der Waals surface area contributed by atoms with Gasteiger partial charge in [0.1, 0.15) is 0 Å². The molecule has 0 amide bonds. The predicted molar refractivity (Wildman–Crippen MR) is 84.7 cm³/mol. The molecule has 2 rings (SSSR count). The van der Waals surface area contributed by atoms with Crippen LogP contribution in [0.1, 0.15) is 21.5 Å². The Labute approximate surface area is 130 Å². The van der Waals surface area contributed by atoms with E-state index in [-0.39, 0.29) is 10.5 Å². The lowest BCUT2D eigenvalue weighted by molar-refractivity contribution is -0.384. The zero-order chi connectivity index (χ0) is 14.7. The molecule has 2 aromatic carbocycles. The van der Waals surface area contributed by atoms with Gasteiger partial charge in [0.15, 0.2) is 0 Å². The van der Waals surface area contributed by atoms with E-state index in [1.807, 2.05) is 25.1 Å².